The van der Waals surface area contributed by atoms with Gasteiger partial charge in [0.05, 0.1) is 25.2 Å². The molecule has 39 heavy (non-hydrogen) atoms. The average Bonchev–Trinajstić information content (AvgIpc) is 2.89. The summed E-state index contributed by atoms with van der Waals surface area (Å²) >= 11 is 0. The SMILES string of the molecule is CCOCCOCC(=O)N[C@@H](CCC(=O)C[C@@H](CCC(=O)NCCCCC(NC)C(=O)CO)C(=O)O)C(=O)O. The van der Waals surface area contributed by atoms with Crippen molar-refractivity contribution in [2.45, 2.75) is 70.4 Å². The van der Waals surface area contributed by atoms with Crippen molar-refractivity contribution in [3.05, 3.63) is 0 Å². The van der Waals surface area contributed by atoms with E-state index in [1.54, 1.807) is 14.0 Å². The second-order valence-electron chi connectivity index (χ2n) is 8.87. The number of aliphatic hydroxyl groups excluding tert-OH is 1. The monoisotopic (exact) mass is 561 g/mol. The minimum Gasteiger partial charge on any atom is -0.481 e. The van der Waals surface area contributed by atoms with Crippen molar-refractivity contribution >= 4 is 35.3 Å². The van der Waals surface area contributed by atoms with Gasteiger partial charge in [-0.25, -0.2) is 4.79 Å². The first-order valence-electron chi connectivity index (χ1n) is 13.0. The number of carboxylic acid groups (broad SMARTS) is 2. The number of likely N-dealkylation sites (N-methyl/N-ethyl adjacent to an activating group) is 1. The number of hydrogen-bond acceptors (Lipinski definition) is 10. The molecule has 0 saturated heterocycles. The second-order valence-corrected chi connectivity index (χ2v) is 8.87. The quantitative estimate of drug-likeness (QED) is 0.0760. The van der Waals surface area contributed by atoms with Crippen molar-refractivity contribution in [3.63, 3.8) is 0 Å². The van der Waals surface area contributed by atoms with E-state index in [9.17, 15) is 39.0 Å². The van der Waals surface area contributed by atoms with Crippen LogP contribution >= 0.6 is 0 Å². The lowest BCUT2D eigenvalue weighted by molar-refractivity contribution is -0.145. The molecule has 6 N–H and O–H groups in total. The first kappa shape index (κ1) is 36.1. The molecule has 0 aliphatic heterocycles. The lowest BCUT2D eigenvalue weighted by Gasteiger charge is -2.15. The third kappa shape index (κ3) is 18.1. The third-order valence-electron chi connectivity index (χ3n) is 5.83. The smallest absolute Gasteiger partial charge is 0.326 e. The van der Waals surface area contributed by atoms with Gasteiger partial charge in [-0.15, -0.1) is 0 Å². The highest BCUT2D eigenvalue weighted by Gasteiger charge is 2.25. The van der Waals surface area contributed by atoms with Gasteiger partial charge in [0.15, 0.2) is 5.78 Å². The van der Waals surface area contributed by atoms with Crippen LogP contribution in [0.5, 0.6) is 0 Å². The zero-order valence-electron chi connectivity index (χ0n) is 22.7. The molecule has 0 aromatic carbocycles. The summed E-state index contributed by atoms with van der Waals surface area (Å²) in [6.07, 6.45) is 0.695. The Kier molecular flexibility index (Phi) is 20.3. The molecule has 1 unspecified atom stereocenters. The number of rotatable bonds is 25. The highest BCUT2D eigenvalue weighted by Crippen LogP contribution is 2.15. The number of aliphatic hydroxyl groups is 1. The van der Waals surface area contributed by atoms with Gasteiger partial charge in [-0.1, -0.05) is 0 Å². The van der Waals surface area contributed by atoms with E-state index in [1.165, 1.54) is 0 Å². The number of ketones is 2. The summed E-state index contributed by atoms with van der Waals surface area (Å²) in [6.45, 7) is 2.18. The van der Waals surface area contributed by atoms with Gasteiger partial charge in [0.2, 0.25) is 11.8 Å². The molecule has 0 aliphatic rings. The van der Waals surface area contributed by atoms with E-state index < -0.39 is 48.2 Å². The van der Waals surface area contributed by atoms with Gasteiger partial charge < -0.3 is 40.7 Å². The Bertz CT molecular complexity index is 791. The van der Waals surface area contributed by atoms with Crippen LogP contribution in [0, 0.1) is 5.92 Å². The van der Waals surface area contributed by atoms with Gasteiger partial charge in [-0.3, -0.25) is 24.0 Å². The summed E-state index contributed by atoms with van der Waals surface area (Å²) in [5.74, 6) is -5.52. The number of aliphatic carboxylic acids is 2. The van der Waals surface area contributed by atoms with Gasteiger partial charge in [0, 0.05) is 32.4 Å². The first-order valence-corrected chi connectivity index (χ1v) is 13.0. The standard InChI is InChI=1S/C25H43N3O11/c1-3-38-12-13-39-16-23(33)28-20(25(36)37)9-8-18(30)14-17(24(34)35)7-10-22(32)27-11-5-4-6-19(26-2)21(31)15-29/h17,19-20,26,29H,3-16H2,1-2H3,(H,27,32)(H,28,33)(H,34,35)(H,36,37)/t17-,19?,20+/m1/s1. The Morgan fingerprint density at radius 3 is 2.10 bits per heavy atom. The molecule has 0 radical (unpaired) electrons. The Morgan fingerprint density at radius 1 is 0.821 bits per heavy atom. The van der Waals surface area contributed by atoms with Crippen LogP contribution in [0.1, 0.15) is 58.3 Å². The van der Waals surface area contributed by atoms with Crippen molar-refractivity contribution in [2.75, 3.05) is 46.6 Å². The molecule has 0 bridgehead atoms. The van der Waals surface area contributed by atoms with Crippen LogP contribution in [0.25, 0.3) is 0 Å². The lowest BCUT2D eigenvalue weighted by Crippen LogP contribution is -2.42. The maximum Gasteiger partial charge on any atom is 0.326 e. The fraction of sp³-hybridized carbons (Fsp3) is 0.760. The van der Waals surface area contributed by atoms with Crippen molar-refractivity contribution in [3.8, 4) is 0 Å². The predicted molar refractivity (Wildman–Crippen MR) is 138 cm³/mol. The maximum atomic E-state index is 12.3. The number of nitrogens with one attached hydrogen (secondary N) is 3. The number of hydrogen-bond donors (Lipinski definition) is 6. The van der Waals surface area contributed by atoms with Gasteiger partial charge in [0.1, 0.15) is 25.0 Å². The van der Waals surface area contributed by atoms with Crippen LogP contribution in [-0.2, 0) is 38.2 Å². The number of Topliss-reactive ketones (excluding diaryl/α,β-unsaturated/α-hetero) is 2. The molecule has 0 aliphatic carbocycles. The molecule has 2 amide bonds. The van der Waals surface area contributed by atoms with Gasteiger partial charge in [-0.05, 0) is 46.1 Å². The zero-order valence-corrected chi connectivity index (χ0v) is 22.7. The van der Waals surface area contributed by atoms with Crippen LogP contribution in [0.3, 0.4) is 0 Å². The van der Waals surface area contributed by atoms with E-state index in [1.807, 2.05) is 0 Å². The Labute approximate surface area is 228 Å². The summed E-state index contributed by atoms with van der Waals surface area (Å²) < 4.78 is 10.1. The highest BCUT2D eigenvalue weighted by molar-refractivity contribution is 5.87. The zero-order chi connectivity index (χ0) is 29.6. The Balaban J connectivity index is 4.40. The normalized spacial score (nSPS) is 13.2. The largest absolute Gasteiger partial charge is 0.481 e. The molecule has 0 saturated carbocycles. The van der Waals surface area contributed by atoms with Crippen molar-refractivity contribution in [1.29, 1.82) is 0 Å². The van der Waals surface area contributed by atoms with Crippen molar-refractivity contribution < 1.29 is 53.6 Å². The maximum absolute atomic E-state index is 12.3. The van der Waals surface area contributed by atoms with Crippen molar-refractivity contribution in [1.82, 2.24) is 16.0 Å². The van der Waals surface area contributed by atoms with Crippen LogP contribution in [-0.4, -0.2) is 109 Å². The average molecular weight is 562 g/mol. The summed E-state index contributed by atoms with van der Waals surface area (Å²) in [5.41, 5.74) is 0. The molecule has 224 valence electrons. The molecule has 0 aromatic rings. The van der Waals surface area contributed by atoms with E-state index in [4.69, 9.17) is 14.6 Å². The van der Waals surface area contributed by atoms with E-state index in [-0.39, 0.29) is 57.0 Å². The van der Waals surface area contributed by atoms with Gasteiger partial charge in [0.25, 0.3) is 0 Å². The van der Waals surface area contributed by atoms with Crippen LogP contribution < -0.4 is 16.0 Å². The third-order valence-corrected chi connectivity index (χ3v) is 5.83. The van der Waals surface area contributed by atoms with E-state index in [0.29, 0.717) is 39.0 Å². The van der Waals surface area contributed by atoms with E-state index in [2.05, 4.69) is 16.0 Å². The number of amides is 2. The lowest BCUT2D eigenvalue weighted by atomic mass is 9.94. The molecule has 0 spiro atoms. The minimum atomic E-state index is -1.34. The molecule has 0 aromatic heterocycles. The van der Waals surface area contributed by atoms with E-state index >= 15 is 0 Å². The Morgan fingerprint density at radius 2 is 1.51 bits per heavy atom. The fourth-order valence-corrected chi connectivity index (χ4v) is 3.59. The molecule has 14 heteroatoms. The molecular formula is C25H43N3O11. The van der Waals surface area contributed by atoms with Gasteiger partial charge in [-0.2, -0.15) is 0 Å². The Hall–Kier alpha value is -2.94. The molecule has 0 fully saturated rings. The number of ether oxygens (including phenoxy) is 2. The molecule has 0 rings (SSSR count). The summed E-state index contributed by atoms with van der Waals surface area (Å²) in [5, 5.41) is 35.4. The van der Waals surface area contributed by atoms with E-state index in [0.717, 1.165) is 0 Å². The summed E-state index contributed by atoms with van der Waals surface area (Å²) in [6, 6.07) is -1.79. The number of carbonyl (C=O) groups excluding carboxylic acids is 4. The molecule has 3 atom stereocenters. The van der Waals surface area contributed by atoms with Crippen LogP contribution in [0.4, 0.5) is 0 Å². The number of unbranched alkanes of at least 4 members (excludes halogenated alkanes) is 1. The second kappa shape index (κ2) is 21.9. The van der Waals surface area contributed by atoms with Crippen molar-refractivity contribution in [2.24, 2.45) is 5.92 Å². The fourth-order valence-electron chi connectivity index (χ4n) is 3.59. The molecular weight excluding hydrogens is 518 g/mol. The molecule has 14 nitrogen and oxygen atoms in total. The molecule has 0 heterocycles. The number of carbonyl (C=O) groups is 6. The van der Waals surface area contributed by atoms with Gasteiger partial charge >= 0.3 is 11.9 Å². The predicted octanol–water partition coefficient (Wildman–Crippen LogP) is -0.735. The summed E-state index contributed by atoms with van der Waals surface area (Å²) in [7, 11) is 1.62. The minimum absolute atomic E-state index is 0.0715. The highest BCUT2D eigenvalue weighted by atomic mass is 16.5. The first-order chi connectivity index (χ1) is 18.5. The van der Waals surface area contributed by atoms with Crippen LogP contribution in [0.15, 0.2) is 0 Å². The number of carboxylic acids is 2. The summed E-state index contributed by atoms with van der Waals surface area (Å²) in [4.78, 5) is 70.8. The van der Waals surface area contributed by atoms with Crippen LogP contribution in [0.2, 0.25) is 0 Å². The topological polar surface area (TPSA) is 218 Å².